The van der Waals surface area contributed by atoms with Gasteiger partial charge in [-0.3, -0.25) is 9.52 Å². The van der Waals surface area contributed by atoms with Crippen LogP contribution in [-0.2, 0) is 21.2 Å². The van der Waals surface area contributed by atoms with Crippen molar-refractivity contribution in [3.05, 3.63) is 77.9 Å². The molecule has 2 N–H and O–H groups in total. The van der Waals surface area contributed by atoms with Crippen molar-refractivity contribution in [1.82, 2.24) is 0 Å². The first kappa shape index (κ1) is 22.2. The van der Waals surface area contributed by atoms with E-state index in [-0.39, 0.29) is 17.2 Å². The fourth-order valence-corrected chi connectivity index (χ4v) is 4.41. The number of carbonyl (C=O) groups excluding carboxylic acids is 1. The summed E-state index contributed by atoms with van der Waals surface area (Å²) in [7, 11) is -0.869. The minimum atomic E-state index is -3.90. The molecule has 3 rings (SSSR count). The van der Waals surface area contributed by atoms with Crippen molar-refractivity contribution in [1.29, 1.82) is 0 Å². The molecule has 3 aromatic rings. The average Bonchev–Trinajstić information content (AvgIpc) is 2.75. The molecule has 0 atom stereocenters. The number of amides is 1. The van der Waals surface area contributed by atoms with Crippen LogP contribution in [0.2, 0.25) is 0 Å². The first-order valence-corrected chi connectivity index (χ1v) is 11.0. The Morgan fingerprint density at radius 1 is 0.935 bits per heavy atom. The van der Waals surface area contributed by atoms with Gasteiger partial charge in [0.1, 0.15) is 11.5 Å². The van der Waals surface area contributed by atoms with Crippen LogP contribution in [0.1, 0.15) is 11.1 Å². The molecule has 3 aromatic carbocycles. The molecule has 0 fully saturated rings. The van der Waals surface area contributed by atoms with E-state index in [1.807, 2.05) is 12.1 Å². The van der Waals surface area contributed by atoms with Gasteiger partial charge in [0.15, 0.2) is 0 Å². The summed E-state index contributed by atoms with van der Waals surface area (Å²) >= 11 is 0. The highest BCUT2D eigenvalue weighted by molar-refractivity contribution is 7.92. The number of benzene rings is 3. The van der Waals surface area contributed by atoms with Gasteiger partial charge in [-0.1, -0.05) is 30.3 Å². The third-order valence-corrected chi connectivity index (χ3v) is 6.12. The molecular weight excluding hydrogens is 416 g/mol. The zero-order chi connectivity index (χ0) is 22.4. The van der Waals surface area contributed by atoms with E-state index in [1.165, 1.54) is 13.2 Å². The number of sulfonamides is 1. The van der Waals surface area contributed by atoms with Gasteiger partial charge >= 0.3 is 0 Å². The van der Waals surface area contributed by atoms with E-state index in [9.17, 15) is 13.2 Å². The standard InChI is InChI=1S/C23H24N2O5S/c1-16-11-12-18(24-23(26)14-17-7-6-8-19(13-17)29-2)15-22(16)31(27,28)25-20-9-4-5-10-21(20)30-3/h4-13,15,25H,14H2,1-3H3,(H,24,26). The Bertz CT molecular complexity index is 1190. The number of para-hydroxylation sites is 2. The minimum absolute atomic E-state index is 0.0672. The van der Waals surface area contributed by atoms with Crippen LogP contribution in [0.4, 0.5) is 11.4 Å². The molecule has 0 saturated heterocycles. The fourth-order valence-electron chi connectivity index (χ4n) is 3.07. The molecule has 7 nitrogen and oxygen atoms in total. The molecule has 0 aliphatic heterocycles. The van der Waals surface area contributed by atoms with E-state index in [0.29, 0.717) is 28.4 Å². The van der Waals surface area contributed by atoms with Crippen molar-refractivity contribution in [3.8, 4) is 11.5 Å². The van der Waals surface area contributed by atoms with E-state index < -0.39 is 10.0 Å². The summed E-state index contributed by atoms with van der Waals surface area (Å²) in [5.74, 6) is 0.807. The van der Waals surface area contributed by atoms with Crippen LogP contribution in [0.15, 0.2) is 71.6 Å². The summed E-state index contributed by atoms with van der Waals surface area (Å²) in [6, 6.07) is 18.7. The Labute approximate surface area is 182 Å². The number of nitrogens with one attached hydrogen (secondary N) is 2. The number of carbonyl (C=O) groups is 1. The number of hydrogen-bond acceptors (Lipinski definition) is 5. The Kier molecular flexibility index (Phi) is 6.81. The lowest BCUT2D eigenvalue weighted by atomic mass is 10.1. The van der Waals surface area contributed by atoms with Crippen LogP contribution in [-0.4, -0.2) is 28.5 Å². The molecule has 0 radical (unpaired) electrons. The van der Waals surface area contributed by atoms with Gasteiger partial charge < -0.3 is 14.8 Å². The summed E-state index contributed by atoms with van der Waals surface area (Å²) in [6.45, 7) is 1.69. The van der Waals surface area contributed by atoms with E-state index >= 15 is 0 Å². The lowest BCUT2D eigenvalue weighted by Crippen LogP contribution is -2.17. The monoisotopic (exact) mass is 440 g/mol. The minimum Gasteiger partial charge on any atom is -0.497 e. The second kappa shape index (κ2) is 9.53. The van der Waals surface area contributed by atoms with Crippen LogP contribution < -0.4 is 19.5 Å². The fraction of sp³-hybridized carbons (Fsp3) is 0.174. The molecule has 0 aliphatic carbocycles. The van der Waals surface area contributed by atoms with Crippen LogP contribution in [0.25, 0.3) is 0 Å². The molecule has 0 saturated carbocycles. The number of hydrogen-bond donors (Lipinski definition) is 2. The number of ether oxygens (including phenoxy) is 2. The van der Waals surface area contributed by atoms with Gasteiger partial charge in [0, 0.05) is 5.69 Å². The smallest absolute Gasteiger partial charge is 0.262 e. The quantitative estimate of drug-likeness (QED) is 0.552. The lowest BCUT2D eigenvalue weighted by molar-refractivity contribution is -0.115. The van der Waals surface area contributed by atoms with Gasteiger partial charge in [-0.25, -0.2) is 8.42 Å². The first-order chi connectivity index (χ1) is 14.8. The largest absolute Gasteiger partial charge is 0.497 e. The van der Waals surface area contributed by atoms with Gasteiger partial charge in [-0.05, 0) is 54.4 Å². The molecule has 31 heavy (non-hydrogen) atoms. The highest BCUT2D eigenvalue weighted by atomic mass is 32.2. The van der Waals surface area contributed by atoms with Crippen molar-refractivity contribution in [2.75, 3.05) is 24.3 Å². The maximum Gasteiger partial charge on any atom is 0.262 e. The zero-order valence-corrected chi connectivity index (χ0v) is 18.3. The van der Waals surface area contributed by atoms with Crippen molar-refractivity contribution in [2.24, 2.45) is 0 Å². The van der Waals surface area contributed by atoms with Crippen LogP contribution >= 0.6 is 0 Å². The molecule has 162 valence electrons. The predicted molar refractivity (Wildman–Crippen MR) is 120 cm³/mol. The van der Waals surface area contributed by atoms with Crippen LogP contribution in [0.5, 0.6) is 11.5 Å². The first-order valence-electron chi connectivity index (χ1n) is 9.51. The molecule has 0 bridgehead atoms. The van der Waals surface area contributed by atoms with Crippen molar-refractivity contribution < 1.29 is 22.7 Å². The van der Waals surface area contributed by atoms with Gasteiger partial charge in [0.2, 0.25) is 5.91 Å². The maximum atomic E-state index is 13.0. The van der Waals surface area contributed by atoms with E-state index in [4.69, 9.17) is 9.47 Å². The van der Waals surface area contributed by atoms with Crippen molar-refractivity contribution >= 4 is 27.3 Å². The zero-order valence-electron chi connectivity index (χ0n) is 17.5. The number of aryl methyl sites for hydroxylation is 1. The van der Waals surface area contributed by atoms with Gasteiger partial charge in [-0.2, -0.15) is 0 Å². The summed E-state index contributed by atoms with van der Waals surface area (Å²) in [6.07, 6.45) is 0.132. The van der Waals surface area contributed by atoms with Crippen molar-refractivity contribution in [2.45, 2.75) is 18.2 Å². The summed E-state index contributed by atoms with van der Waals surface area (Å²) < 4.78 is 38.9. The molecule has 8 heteroatoms. The van der Waals surface area contributed by atoms with E-state index in [0.717, 1.165) is 5.56 Å². The van der Waals surface area contributed by atoms with Gasteiger partial charge in [0.05, 0.1) is 31.2 Å². The molecule has 0 aliphatic rings. The second-order valence-electron chi connectivity index (χ2n) is 6.86. The Hall–Kier alpha value is -3.52. The molecule has 0 unspecified atom stereocenters. The average molecular weight is 441 g/mol. The summed E-state index contributed by atoms with van der Waals surface area (Å²) in [5, 5.41) is 2.76. The SMILES string of the molecule is COc1cccc(CC(=O)Nc2ccc(C)c(S(=O)(=O)Nc3ccccc3OC)c2)c1. The topological polar surface area (TPSA) is 93.7 Å². The maximum absolute atomic E-state index is 13.0. The molecule has 0 spiro atoms. The number of methoxy groups -OCH3 is 2. The molecule has 1 amide bonds. The Morgan fingerprint density at radius 3 is 2.45 bits per heavy atom. The summed E-state index contributed by atoms with van der Waals surface area (Å²) in [4.78, 5) is 12.5. The second-order valence-corrected chi connectivity index (χ2v) is 8.51. The van der Waals surface area contributed by atoms with Crippen LogP contribution in [0, 0.1) is 6.92 Å². The Balaban J connectivity index is 1.79. The molecule has 0 heterocycles. The summed E-state index contributed by atoms with van der Waals surface area (Å²) in [5.41, 5.74) is 2.05. The Morgan fingerprint density at radius 2 is 1.71 bits per heavy atom. The molecular formula is C23H24N2O5S. The third-order valence-electron chi connectivity index (χ3n) is 4.61. The van der Waals surface area contributed by atoms with Crippen LogP contribution in [0.3, 0.4) is 0 Å². The van der Waals surface area contributed by atoms with Gasteiger partial charge in [0.25, 0.3) is 10.0 Å². The van der Waals surface area contributed by atoms with E-state index in [1.54, 1.807) is 62.6 Å². The van der Waals surface area contributed by atoms with E-state index in [2.05, 4.69) is 10.0 Å². The predicted octanol–water partition coefficient (Wildman–Crippen LogP) is 3.99. The van der Waals surface area contributed by atoms with Gasteiger partial charge in [-0.15, -0.1) is 0 Å². The lowest BCUT2D eigenvalue weighted by Gasteiger charge is -2.14. The third kappa shape index (κ3) is 5.55. The molecule has 0 aromatic heterocycles. The normalized spacial score (nSPS) is 10.9. The highest BCUT2D eigenvalue weighted by Crippen LogP contribution is 2.28. The highest BCUT2D eigenvalue weighted by Gasteiger charge is 2.20. The van der Waals surface area contributed by atoms with Crippen molar-refractivity contribution in [3.63, 3.8) is 0 Å². The number of rotatable bonds is 8. The number of anilines is 2.